The van der Waals surface area contributed by atoms with Crippen molar-refractivity contribution < 1.29 is 0 Å². The fraction of sp³-hybridized carbons (Fsp3) is 0.0909. The second-order valence-corrected chi connectivity index (χ2v) is 6.96. The van der Waals surface area contributed by atoms with Crippen molar-refractivity contribution in [2.24, 2.45) is 0 Å². The largest absolute Gasteiger partial charge is 0.364 e. The third kappa shape index (κ3) is 3.31. The molecule has 4 rings (SSSR count). The number of rotatable bonds is 2. The predicted molar refractivity (Wildman–Crippen MR) is 114 cm³/mol. The first-order chi connectivity index (χ1) is 13.6. The molecule has 0 spiro atoms. The molecule has 6 heteroatoms. The van der Waals surface area contributed by atoms with Gasteiger partial charge in [0.25, 0.3) is 5.56 Å². The molecule has 2 aliphatic heterocycles. The number of H-pyrrole nitrogens is 1. The van der Waals surface area contributed by atoms with Crippen LogP contribution in [0.1, 0.15) is 11.3 Å². The summed E-state index contributed by atoms with van der Waals surface area (Å²) < 4.78 is 1.40. The summed E-state index contributed by atoms with van der Waals surface area (Å²) in [5.74, 6) is 6.13. The highest BCUT2D eigenvalue weighted by Crippen LogP contribution is 2.32. The van der Waals surface area contributed by atoms with E-state index in [0.717, 1.165) is 22.4 Å². The number of nitrogens with zero attached hydrogens (tertiary/aromatic N) is 2. The Hall–Kier alpha value is -3.00. The normalized spacial score (nSPS) is 10.7. The number of nitrogens with one attached hydrogen (secondary N) is 1. The quantitative estimate of drug-likeness (QED) is 0.380. The highest BCUT2D eigenvalue weighted by atomic mass is 35.5. The zero-order valence-electron chi connectivity index (χ0n) is 15.0. The third-order valence-corrected chi connectivity index (χ3v) is 4.85. The third-order valence-electron chi connectivity index (χ3n) is 4.47. The fourth-order valence-electron chi connectivity index (χ4n) is 3.13. The Morgan fingerprint density at radius 3 is 2.50 bits per heavy atom. The molecular weight excluding hydrogens is 393 g/mol. The minimum atomic E-state index is -0.181. The minimum absolute atomic E-state index is 0.181. The van der Waals surface area contributed by atoms with Crippen LogP contribution in [0.15, 0.2) is 59.5 Å². The van der Waals surface area contributed by atoms with Crippen LogP contribution < -0.4 is 5.56 Å². The van der Waals surface area contributed by atoms with E-state index in [1.165, 1.54) is 4.68 Å². The smallest absolute Gasteiger partial charge is 0.282 e. The van der Waals surface area contributed by atoms with Gasteiger partial charge in [-0.25, -0.2) is 0 Å². The maximum Gasteiger partial charge on any atom is 0.282 e. The first kappa shape index (κ1) is 18.4. The molecule has 28 heavy (non-hydrogen) atoms. The van der Waals surface area contributed by atoms with E-state index in [1.54, 1.807) is 30.5 Å². The molecule has 0 radical (unpaired) electrons. The summed E-state index contributed by atoms with van der Waals surface area (Å²) in [6.07, 6.45) is 1.70. The van der Waals surface area contributed by atoms with Crippen LogP contribution >= 0.6 is 23.2 Å². The van der Waals surface area contributed by atoms with Crippen LogP contribution in [0.3, 0.4) is 0 Å². The van der Waals surface area contributed by atoms with E-state index >= 15 is 0 Å². The summed E-state index contributed by atoms with van der Waals surface area (Å²) in [4.78, 5) is 16.1. The minimum Gasteiger partial charge on any atom is -0.364 e. The average Bonchev–Trinajstić information content (AvgIpc) is 3.04. The van der Waals surface area contributed by atoms with Crippen LogP contribution in [-0.2, 0) is 0 Å². The summed E-state index contributed by atoms with van der Waals surface area (Å²) in [6, 6.07) is 14.8. The summed E-state index contributed by atoms with van der Waals surface area (Å²) in [5.41, 5.74) is 5.32. The number of aryl methyl sites for hydroxylation is 1. The number of hydrogen-bond acceptors (Lipinski definition) is 2. The van der Waals surface area contributed by atoms with Gasteiger partial charge in [0.2, 0.25) is 0 Å². The summed E-state index contributed by atoms with van der Waals surface area (Å²) in [7, 11) is 0. The van der Waals surface area contributed by atoms with Gasteiger partial charge in [-0.15, -0.1) is 11.6 Å². The number of fused-ring (bicyclic) bond motifs is 1. The first-order valence-electron chi connectivity index (χ1n) is 8.60. The Bertz CT molecular complexity index is 1230. The van der Waals surface area contributed by atoms with Crippen molar-refractivity contribution >= 4 is 23.2 Å². The van der Waals surface area contributed by atoms with Crippen molar-refractivity contribution in [1.82, 2.24) is 14.8 Å². The van der Waals surface area contributed by atoms with Crippen molar-refractivity contribution in [3.05, 3.63) is 81.4 Å². The Balaban J connectivity index is 1.87. The van der Waals surface area contributed by atoms with Crippen molar-refractivity contribution in [3.8, 4) is 39.9 Å². The van der Waals surface area contributed by atoms with E-state index in [2.05, 4.69) is 21.9 Å². The van der Waals surface area contributed by atoms with Crippen LogP contribution in [0.4, 0.5) is 0 Å². The molecule has 138 valence electrons. The molecule has 0 bridgehead atoms. The topological polar surface area (TPSA) is 50.7 Å². The maximum absolute atomic E-state index is 12.9. The van der Waals surface area contributed by atoms with E-state index in [0.29, 0.717) is 27.8 Å². The lowest BCUT2D eigenvalue weighted by Crippen LogP contribution is -2.14. The Morgan fingerprint density at radius 2 is 1.82 bits per heavy atom. The molecule has 0 saturated heterocycles. The molecule has 0 unspecified atom stereocenters. The fourth-order valence-corrected chi connectivity index (χ4v) is 3.32. The lowest BCUT2D eigenvalue weighted by atomic mass is 9.98. The van der Waals surface area contributed by atoms with Crippen LogP contribution in [0.2, 0.25) is 5.02 Å². The van der Waals surface area contributed by atoms with Crippen LogP contribution in [0.25, 0.3) is 28.1 Å². The summed E-state index contributed by atoms with van der Waals surface area (Å²) in [5, 5.41) is 5.22. The second-order valence-electron chi connectivity index (χ2n) is 6.26. The van der Waals surface area contributed by atoms with Crippen LogP contribution in [-0.4, -0.2) is 20.6 Å². The molecule has 0 aliphatic carbocycles. The Labute approximate surface area is 172 Å². The monoisotopic (exact) mass is 407 g/mol. The average molecular weight is 408 g/mol. The van der Waals surface area contributed by atoms with Gasteiger partial charge in [-0.3, -0.25) is 4.79 Å². The first-order valence-corrected chi connectivity index (χ1v) is 9.52. The van der Waals surface area contributed by atoms with Crippen molar-refractivity contribution in [2.75, 3.05) is 5.88 Å². The molecule has 2 aromatic carbocycles. The molecule has 0 atom stereocenters. The van der Waals surface area contributed by atoms with Crippen LogP contribution in [0.5, 0.6) is 0 Å². The second kappa shape index (κ2) is 7.55. The number of halogens is 2. The lowest BCUT2D eigenvalue weighted by Gasteiger charge is -2.10. The van der Waals surface area contributed by atoms with Gasteiger partial charge in [0.15, 0.2) is 0 Å². The standard InChI is InChI=1S/C22H15Cl2N3O/c1-14-20(16-6-4-15(5-7-16)3-2-12-23)21-19(13-25-14)22(28)27(26-21)18-10-8-17(24)9-11-18/h4-11,13,25H,12H2,1H3. The molecule has 1 N–H and O–H groups in total. The van der Waals surface area contributed by atoms with E-state index < -0.39 is 0 Å². The zero-order chi connectivity index (χ0) is 19.7. The number of pyridine rings is 1. The Morgan fingerprint density at radius 1 is 1.11 bits per heavy atom. The zero-order valence-corrected chi connectivity index (χ0v) is 16.5. The molecule has 2 aliphatic rings. The molecule has 4 nitrogen and oxygen atoms in total. The number of alkyl halides is 1. The number of hydrogen-bond donors (Lipinski definition) is 1. The maximum atomic E-state index is 12.9. The van der Waals surface area contributed by atoms with Crippen molar-refractivity contribution in [2.45, 2.75) is 6.92 Å². The van der Waals surface area contributed by atoms with Gasteiger partial charge < -0.3 is 4.98 Å². The van der Waals surface area contributed by atoms with E-state index in [4.69, 9.17) is 23.2 Å². The number of benzene rings is 2. The molecule has 0 amide bonds. The Kier molecular flexibility index (Phi) is 4.95. The highest BCUT2D eigenvalue weighted by molar-refractivity contribution is 6.30. The molecule has 0 fully saturated rings. The van der Waals surface area contributed by atoms with Gasteiger partial charge in [0.1, 0.15) is 5.69 Å². The molecular formula is C22H15Cl2N3O. The molecule has 2 aromatic rings. The van der Waals surface area contributed by atoms with Gasteiger partial charge >= 0.3 is 0 Å². The van der Waals surface area contributed by atoms with Gasteiger partial charge in [0, 0.05) is 28.0 Å². The van der Waals surface area contributed by atoms with Gasteiger partial charge in [-0.2, -0.15) is 9.78 Å². The van der Waals surface area contributed by atoms with Crippen LogP contribution in [0, 0.1) is 18.8 Å². The summed E-state index contributed by atoms with van der Waals surface area (Å²) >= 11 is 11.6. The van der Waals surface area contributed by atoms with E-state index in [-0.39, 0.29) is 5.56 Å². The number of aromatic amines is 1. The van der Waals surface area contributed by atoms with Crippen molar-refractivity contribution in [3.63, 3.8) is 0 Å². The van der Waals surface area contributed by atoms with E-state index in [9.17, 15) is 4.79 Å². The SMILES string of the molecule is Cc1[nH]cc2c(=O)n(-c3ccc(Cl)cc3)nc-2c1-c1ccc(C#CCCl)cc1. The number of aromatic nitrogens is 3. The summed E-state index contributed by atoms with van der Waals surface area (Å²) in [6.45, 7) is 1.96. The predicted octanol–water partition coefficient (Wildman–Crippen LogP) is 4.88. The van der Waals surface area contributed by atoms with Gasteiger partial charge in [0.05, 0.1) is 17.1 Å². The highest BCUT2D eigenvalue weighted by Gasteiger charge is 2.22. The lowest BCUT2D eigenvalue weighted by molar-refractivity contribution is 0.858. The van der Waals surface area contributed by atoms with Gasteiger partial charge in [-0.05, 0) is 48.9 Å². The molecule has 2 heterocycles. The molecule has 0 aromatic heterocycles. The van der Waals surface area contributed by atoms with Gasteiger partial charge in [-0.1, -0.05) is 35.6 Å². The van der Waals surface area contributed by atoms with E-state index in [1.807, 2.05) is 31.2 Å². The molecule has 0 saturated carbocycles. The van der Waals surface area contributed by atoms with Crippen molar-refractivity contribution in [1.29, 1.82) is 0 Å².